The van der Waals surface area contributed by atoms with E-state index in [1.807, 2.05) is 12.1 Å². The molecule has 0 spiro atoms. The van der Waals surface area contributed by atoms with Crippen LogP contribution < -0.4 is 10.3 Å². The van der Waals surface area contributed by atoms with E-state index in [1.165, 1.54) is 6.20 Å². The summed E-state index contributed by atoms with van der Waals surface area (Å²) in [4.78, 5) is 35.1. The molecule has 0 aliphatic carbocycles. The Morgan fingerprint density at radius 1 is 1.40 bits per heavy atom. The summed E-state index contributed by atoms with van der Waals surface area (Å²) in [6, 6.07) is 5.45. The quantitative estimate of drug-likeness (QED) is 0.853. The van der Waals surface area contributed by atoms with Crippen LogP contribution in [0.3, 0.4) is 0 Å². The lowest BCUT2D eigenvalue weighted by Gasteiger charge is -2.31. The number of ether oxygens (including phenoxy) is 2. The smallest absolute Gasteiger partial charge is 0.254 e. The van der Waals surface area contributed by atoms with Crippen molar-refractivity contribution >= 4 is 5.78 Å². The van der Waals surface area contributed by atoms with Gasteiger partial charge in [-0.3, -0.25) is 9.59 Å². The monoisotopic (exact) mass is 343 g/mol. The average molecular weight is 343 g/mol. The molecule has 25 heavy (non-hydrogen) atoms. The van der Waals surface area contributed by atoms with E-state index in [4.69, 9.17) is 9.47 Å². The summed E-state index contributed by atoms with van der Waals surface area (Å²) in [6.07, 6.45) is 4.08. The third-order valence-electron chi connectivity index (χ3n) is 4.23. The maximum atomic E-state index is 12.4. The summed E-state index contributed by atoms with van der Waals surface area (Å²) in [5.74, 6) is 1.10. The van der Waals surface area contributed by atoms with Gasteiger partial charge in [0, 0.05) is 49.4 Å². The minimum atomic E-state index is -0.255. The van der Waals surface area contributed by atoms with Crippen molar-refractivity contribution in [2.45, 2.75) is 32.3 Å². The molecular weight excluding hydrogens is 322 g/mol. The zero-order valence-corrected chi connectivity index (χ0v) is 14.1. The van der Waals surface area contributed by atoms with Crippen LogP contribution in [-0.2, 0) is 16.0 Å². The molecule has 1 saturated heterocycles. The number of Topliss-reactive ketones (excluding diaryl/α,β-unsaturated/α-hetero) is 1. The fourth-order valence-electron chi connectivity index (χ4n) is 2.90. The van der Waals surface area contributed by atoms with Gasteiger partial charge in [0.25, 0.3) is 5.56 Å². The Kier molecular flexibility index (Phi) is 5.55. The van der Waals surface area contributed by atoms with Crippen LogP contribution in [0.5, 0.6) is 5.88 Å². The molecule has 1 fully saturated rings. The van der Waals surface area contributed by atoms with Crippen molar-refractivity contribution in [2.75, 3.05) is 13.2 Å². The topological polar surface area (TPSA) is 94.2 Å². The van der Waals surface area contributed by atoms with Crippen molar-refractivity contribution in [3.8, 4) is 5.88 Å². The largest absolute Gasteiger partial charge is 0.472 e. The summed E-state index contributed by atoms with van der Waals surface area (Å²) < 4.78 is 11.4. The van der Waals surface area contributed by atoms with Gasteiger partial charge in [-0.1, -0.05) is 6.07 Å². The van der Waals surface area contributed by atoms with Gasteiger partial charge >= 0.3 is 0 Å². The van der Waals surface area contributed by atoms with E-state index in [1.54, 1.807) is 19.2 Å². The van der Waals surface area contributed by atoms with Gasteiger partial charge in [-0.15, -0.1) is 0 Å². The lowest BCUT2D eigenvalue weighted by Crippen LogP contribution is -2.38. The van der Waals surface area contributed by atoms with Crippen LogP contribution in [-0.4, -0.2) is 40.1 Å². The molecule has 0 amide bonds. The van der Waals surface area contributed by atoms with E-state index < -0.39 is 0 Å². The van der Waals surface area contributed by atoms with E-state index in [0.717, 1.165) is 6.42 Å². The Balaban J connectivity index is 1.62. The van der Waals surface area contributed by atoms with Gasteiger partial charge in [-0.05, 0) is 19.4 Å². The number of carbonyl (C=O) groups excluding carboxylic acids is 1. The minimum absolute atomic E-state index is 0.00215. The van der Waals surface area contributed by atoms with Gasteiger partial charge in [0.15, 0.2) is 0 Å². The van der Waals surface area contributed by atoms with Crippen molar-refractivity contribution in [3.05, 3.63) is 52.3 Å². The maximum Gasteiger partial charge on any atom is 0.254 e. The molecule has 0 unspecified atom stereocenters. The minimum Gasteiger partial charge on any atom is -0.472 e. The van der Waals surface area contributed by atoms with Crippen LogP contribution in [0.25, 0.3) is 0 Å². The van der Waals surface area contributed by atoms with Gasteiger partial charge in [0.05, 0.1) is 6.61 Å². The fourth-order valence-corrected chi connectivity index (χ4v) is 2.90. The number of nitrogens with zero attached hydrogens (tertiary/aromatic N) is 2. The van der Waals surface area contributed by atoms with Crippen LogP contribution in [0.1, 0.15) is 24.2 Å². The number of hydrogen-bond donors (Lipinski definition) is 1. The zero-order chi connectivity index (χ0) is 17.6. The Morgan fingerprint density at radius 3 is 3.04 bits per heavy atom. The second-order valence-corrected chi connectivity index (χ2v) is 6.19. The van der Waals surface area contributed by atoms with E-state index in [0.29, 0.717) is 36.9 Å². The van der Waals surface area contributed by atoms with Gasteiger partial charge in [-0.2, -0.15) is 0 Å². The number of carbonyl (C=O) groups is 1. The van der Waals surface area contributed by atoms with Gasteiger partial charge < -0.3 is 14.5 Å². The fraction of sp³-hybridized carbons (Fsp3) is 0.444. The first-order chi connectivity index (χ1) is 12.1. The highest BCUT2D eigenvalue weighted by atomic mass is 16.5. The molecule has 2 aromatic rings. The molecule has 1 aliphatic rings. The Bertz CT molecular complexity index is 775. The molecule has 0 saturated carbocycles. The van der Waals surface area contributed by atoms with Crippen LogP contribution >= 0.6 is 0 Å². The van der Waals surface area contributed by atoms with Crippen LogP contribution in [0, 0.1) is 12.8 Å². The zero-order valence-electron chi connectivity index (χ0n) is 14.1. The number of pyridine rings is 1. The molecular formula is C18H21N3O4. The molecule has 3 rings (SSSR count). The molecule has 0 radical (unpaired) electrons. The first-order valence-electron chi connectivity index (χ1n) is 8.34. The predicted molar refractivity (Wildman–Crippen MR) is 90.5 cm³/mol. The summed E-state index contributed by atoms with van der Waals surface area (Å²) in [6.45, 7) is 2.74. The molecule has 3 heterocycles. The second-order valence-electron chi connectivity index (χ2n) is 6.19. The molecule has 0 aromatic carbocycles. The van der Waals surface area contributed by atoms with Gasteiger partial charge in [0.2, 0.25) is 5.88 Å². The highest BCUT2D eigenvalue weighted by molar-refractivity contribution is 5.81. The summed E-state index contributed by atoms with van der Waals surface area (Å²) >= 11 is 0. The van der Waals surface area contributed by atoms with Crippen molar-refractivity contribution in [1.29, 1.82) is 0 Å². The Morgan fingerprint density at radius 2 is 2.28 bits per heavy atom. The number of H-pyrrole nitrogens is 1. The number of nitrogens with one attached hydrogen (secondary N) is 1. The summed E-state index contributed by atoms with van der Waals surface area (Å²) in [7, 11) is 0. The van der Waals surface area contributed by atoms with Crippen molar-refractivity contribution in [3.63, 3.8) is 0 Å². The van der Waals surface area contributed by atoms with Crippen molar-refractivity contribution in [1.82, 2.24) is 15.0 Å². The summed E-state index contributed by atoms with van der Waals surface area (Å²) in [5, 5.41) is 0. The molecule has 2 atom stereocenters. The number of rotatable bonds is 6. The molecule has 1 aliphatic heterocycles. The first kappa shape index (κ1) is 17.3. The van der Waals surface area contributed by atoms with E-state index in [-0.39, 0.29) is 29.8 Å². The highest BCUT2D eigenvalue weighted by Crippen LogP contribution is 2.24. The lowest BCUT2D eigenvalue weighted by atomic mass is 9.90. The summed E-state index contributed by atoms with van der Waals surface area (Å²) in [5.41, 5.74) is 0.138. The maximum absolute atomic E-state index is 12.4. The normalized spacial score (nSPS) is 20.2. The van der Waals surface area contributed by atoms with Gasteiger partial charge in [-0.25, -0.2) is 9.97 Å². The van der Waals surface area contributed by atoms with Crippen molar-refractivity contribution in [2.24, 2.45) is 5.92 Å². The number of ketones is 1. The molecule has 1 N–H and O–H groups in total. The highest BCUT2D eigenvalue weighted by Gasteiger charge is 2.30. The van der Waals surface area contributed by atoms with E-state index in [9.17, 15) is 9.59 Å². The van der Waals surface area contributed by atoms with E-state index >= 15 is 0 Å². The van der Waals surface area contributed by atoms with Gasteiger partial charge in [0.1, 0.15) is 17.7 Å². The molecule has 132 valence electrons. The molecule has 7 nitrogen and oxygen atoms in total. The average Bonchev–Trinajstić information content (AvgIpc) is 2.60. The molecule has 7 heteroatoms. The van der Waals surface area contributed by atoms with Crippen molar-refractivity contribution < 1.29 is 14.3 Å². The van der Waals surface area contributed by atoms with Crippen LogP contribution in [0.2, 0.25) is 0 Å². The van der Waals surface area contributed by atoms with Crippen LogP contribution in [0.4, 0.5) is 0 Å². The van der Waals surface area contributed by atoms with Crippen LogP contribution in [0.15, 0.2) is 35.4 Å². The predicted octanol–water partition coefficient (Wildman–Crippen LogP) is 1.46. The number of aromatic amines is 1. The number of aromatic nitrogens is 3. The Hall–Kier alpha value is -2.54. The standard InChI is InChI=1S/C18H21N3O4/c1-12-20-10-14(18(23)21-12)9-15(22)8-13-5-7-24-11-16(13)25-17-4-2-3-6-19-17/h2-4,6,10,13,16H,5,7-9,11H2,1H3,(H,20,21,23)/t13-,16+/m0/s1. The molecule has 2 aromatic heterocycles. The molecule has 0 bridgehead atoms. The Labute approximate surface area is 145 Å². The third-order valence-corrected chi connectivity index (χ3v) is 4.23. The third kappa shape index (κ3) is 4.73. The van der Waals surface area contributed by atoms with E-state index in [2.05, 4.69) is 15.0 Å². The first-order valence-corrected chi connectivity index (χ1v) is 8.34. The number of aryl methyl sites for hydroxylation is 1. The lowest BCUT2D eigenvalue weighted by molar-refractivity contribution is -0.122. The second kappa shape index (κ2) is 8.02. The number of hydrogen-bond acceptors (Lipinski definition) is 6. The SMILES string of the molecule is Cc1ncc(CC(=O)C[C@@H]2CCOC[C@H]2Oc2ccccn2)c(=O)[nH]1.